The average Bonchev–Trinajstić information content (AvgIpc) is 2.14. The smallest absolute Gasteiger partial charge is 0.148 e. The van der Waals surface area contributed by atoms with E-state index in [2.05, 4.69) is 0 Å². The largest absolute Gasteiger partial charge is 0.299 e. The van der Waals surface area contributed by atoms with Gasteiger partial charge in [-0.2, -0.15) is 0 Å². The van der Waals surface area contributed by atoms with Crippen molar-refractivity contribution >= 4 is 17.4 Å². The molecule has 1 aliphatic rings. The molecule has 0 spiro atoms. The Bertz CT molecular complexity index is 415. The molecule has 0 aliphatic heterocycles. The molecule has 0 radical (unpaired) electrons. The molecule has 2 rings (SSSR count). The maximum absolute atomic E-state index is 13.4. The van der Waals surface area contributed by atoms with Gasteiger partial charge in [0.15, 0.2) is 0 Å². The van der Waals surface area contributed by atoms with Gasteiger partial charge in [-0.15, -0.1) is 0 Å². The first-order valence-corrected chi connectivity index (χ1v) is 4.64. The van der Waals surface area contributed by atoms with Crippen LogP contribution in [-0.4, -0.2) is 5.78 Å². The van der Waals surface area contributed by atoms with Gasteiger partial charge in [-0.05, 0) is 23.6 Å². The predicted octanol–water partition coefficient (Wildman–Crippen LogP) is 2.68. The number of benzene rings is 1. The van der Waals surface area contributed by atoms with Crippen LogP contribution in [-0.2, 0) is 17.6 Å². The lowest BCUT2D eigenvalue weighted by Gasteiger charge is -2.16. The zero-order valence-electron chi connectivity index (χ0n) is 7.24. The zero-order chi connectivity index (χ0) is 10.3. The molecule has 0 atom stereocenters. The molecule has 0 unspecified atom stereocenters. The van der Waals surface area contributed by atoms with Crippen LogP contribution < -0.4 is 0 Å². The number of hydrogen-bond acceptors (Lipinski definition) is 1. The van der Waals surface area contributed by atoms with Gasteiger partial charge in [-0.3, -0.25) is 4.79 Å². The van der Waals surface area contributed by atoms with Crippen molar-refractivity contribution in [2.24, 2.45) is 0 Å². The molecule has 0 saturated carbocycles. The van der Waals surface area contributed by atoms with Crippen molar-refractivity contribution in [2.45, 2.75) is 19.3 Å². The number of carbonyl (C=O) groups excluding carboxylic acids is 1. The molecule has 1 aromatic rings. The van der Waals surface area contributed by atoms with E-state index in [1.807, 2.05) is 0 Å². The fourth-order valence-electron chi connectivity index (χ4n) is 1.67. The van der Waals surface area contributed by atoms with Crippen molar-refractivity contribution in [2.75, 3.05) is 0 Å². The molecule has 74 valence electrons. The standard InChI is InChI=1S/C10H7ClF2O/c11-9-8(12)4-5-3-6(14)1-2-7(5)10(9)13/h4H,1-3H2. The fourth-order valence-corrected chi connectivity index (χ4v) is 1.84. The maximum atomic E-state index is 13.4. The molecule has 14 heavy (non-hydrogen) atoms. The zero-order valence-corrected chi connectivity index (χ0v) is 8.00. The number of halogens is 3. The molecule has 0 bridgehead atoms. The van der Waals surface area contributed by atoms with Crippen LogP contribution in [0.1, 0.15) is 17.5 Å². The topological polar surface area (TPSA) is 17.1 Å². The SMILES string of the molecule is O=C1CCc2c(cc(F)c(Cl)c2F)C1. The van der Waals surface area contributed by atoms with Crippen molar-refractivity contribution in [1.29, 1.82) is 0 Å². The Morgan fingerprint density at radius 2 is 2.00 bits per heavy atom. The summed E-state index contributed by atoms with van der Waals surface area (Å²) in [5, 5.41) is -0.474. The second-order valence-corrected chi connectivity index (χ2v) is 3.72. The van der Waals surface area contributed by atoms with Crippen molar-refractivity contribution in [1.82, 2.24) is 0 Å². The van der Waals surface area contributed by atoms with Crippen molar-refractivity contribution in [3.05, 3.63) is 33.9 Å². The van der Waals surface area contributed by atoms with Crippen LogP contribution in [0.4, 0.5) is 8.78 Å². The molecule has 0 amide bonds. The first kappa shape index (κ1) is 9.59. The Kier molecular flexibility index (Phi) is 2.27. The van der Waals surface area contributed by atoms with Crippen LogP contribution in [0, 0.1) is 11.6 Å². The third-order valence-corrected chi connectivity index (χ3v) is 2.74. The van der Waals surface area contributed by atoms with E-state index in [1.54, 1.807) is 0 Å². The normalized spacial score (nSPS) is 15.5. The van der Waals surface area contributed by atoms with E-state index in [4.69, 9.17) is 11.6 Å². The van der Waals surface area contributed by atoms with Crippen LogP contribution in [0.2, 0.25) is 5.02 Å². The highest BCUT2D eigenvalue weighted by Gasteiger charge is 2.22. The number of hydrogen-bond donors (Lipinski definition) is 0. The summed E-state index contributed by atoms with van der Waals surface area (Å²) in [7, 11) is 0. The summed E-state index contributed by atoms with van der Waals surface area (Å²) in [5.74, 6) is -1.49. The van der Waals surface area contributed by atoms with Crippen LogP contribution >= 0.6 is 11.6 Å². The molecule has 0 heterocycles. The first-order chi connectivity index (χ1) is 6.59. The van der Waals surface area contributed by atoms with E-state index in [0.717, 1.165) is 6.07 Å². The van der Waals surface area contributed by atoms with E-state index in [-0.39, 0.29) is 12.2 Å². The lowest BCUT2D eigenvalue weighted by atomic mass is 9.90. The number of carbonyl (C=O) groups is 1. The Hall–Kier alpha value is -0.960. The Labute approximate surface area is 84.7 Å². The second kappa shape index (κ2) is 3.31. The highest BCUT2D eigenvalue weighted by Crippen LogP contribution is 2.29. The first-order valence-electron chi connectivity index (χ1n) is 4.26. The second-order valence-electron chi connectivity index (χ2n) is 3.34. The molecule has 1 aromatic carbocycles. The maximum Gasteiger partial charge on any atom is 0.148 e. The predicted molar refractivity (Wildman–Crippen MR) is 48.4 cm³/mol. The Balaban J connectivity index is 2.59. The van der Waals surface area contributed by atoms with Gasteiger partial charge in [0.1, 0.15) is 22.4 Å². The molecule has 0 saturated heterocycles. The Morgan fingerprint density at radius 1 is 1.29 bits per heavy atom. The van der Waals surface area contributed by atoms with Crippen molar-refractivity contribution < 1.29 is 13.6 Å². The van der Waals surface area contributed by atoms with Gasteiger partial charge in [0, 0.05) is 12.8 Å². The minimum atomic E-state index is -0.794. The molecule has 0 N–H and O–H groups in total. The monoisotopic (exact) mass is 216 g/mol. The molecule has 4 heteroatoms. The fraction of sp³-hybridized carbons (Fsp3) is 0.300. The number of ketones is 1. The lowest BCUT2D eigenvalue weighted by Crippen LogP contribution is -2.15. The van der Waals surface area contributed by atoms with Crippen LogP contribution in [0.25, 0.3) is 0 Å². The molecular formula is C10H7ClF2O. The average molecular weight is 217 g/mol. The third-order valence-electron chi connectivity index (χ3n) is 2.40. The van der Waals surface area contributed by atoms with E-state index in [0.29, 0.717) is 24.0 Å². The van der Waals surface area contributed by atoms with Gasteiger partial charge in [0.25, 0.3) is 0 Å². The number of fused-ring (bicyclic) bond motifs is 1. The summed E-state index contributed by atoms with van der Waals surface area (Å²) < 4.78 is 26.4. The van der Waals surface area contributed by atoms with Crippen molar-refractivity contribution in [3.63, 3.8) is 0 Å². The molecule has 0 aromatic heterocycles. The summed E-state index contributed by atoms with van der Waals surface area (Å²) in [6, 6.07) is 1.15. The van der Waals surface area contributed by atoms with Gasteiger partial charge < -0.3 is 0 Å². The summed E-state index contributed by atoms with van der Waals surface area (Å²) in [5.41, 5.74) is 0.816. The summed E-state index contributed by atoms with van der Waals surface area (Å²) in [4.78, 5) is 11.1. The lowest BCUT2D eigenvalue weighted by molar-refractivity contribution is -0.118. The van der Waals surface area contributed by atoms with Gasteiger partial charge >= 0.3 is 0 Å². The van der Waals surface area contributed by atoms with Gasteiger partial charge in [0.05, 0.1) is 0 Å². The quantitative estimate of drug-likeness (QED) is 0.610. The molecule has 0 fully saturated rings. The van der Waals surface area contributed by atoms with Gasteiger partial charge in [-0.25, -0.2) is 8.78 Å². The number of Topliss-reactive ketones (excluding diaryl/α,β-unsaturated/α-hetero) is 1. The summed E-state index contributed by atoms with van der Waals surface area (Å²) in [6.07, 6.45) is 0.742. The summed E-state index contributed by atoms with van der Waals surface area (Å²) >= 11 is 5.42. The highest BCUT2D eigenvalue weighted by atomic mass is 35.5. The number of rotatable bonds is 0. The van der Waals surface area contributed by atoms with Gasteiger partial charge in [0.2, 0.25) is 0 Å². The third kappa shape index (κ3) is 1.42. The minimum absolute atomic E-state index is 0.0126. The van der Waals surface area contributed by atoms with Crippen LogP contribution in [0.5, 0.6) is 0 Å². The Morgan fingerprint density at radius 3 is 2.71 bits per heavy atom. The van der Waals surface area contributed by atoms with E-state index in [9.17, 15) is 13.6 Å². The molecular weight excluding hydrogens is 210 g/mol. The minimum Gasteiger partial charge on any atom is -0.299 e. The van der Waals surface area contributed by atoms with Gasteiger partial charge in [-0.1, -0.05) is 11.6 Å². The molecule has 1 aliphatic carbocycles. The molecule has 1 nitrogen and oxygen atoms in total. The van der Waals surface area contributed by atoms with Crippen LogP contribution in [0.3, 0.4) is 0 Å². The van der Waals surface area contributed by atoms with Crippen molar-refractivity contribution in [3.8, 4) is 0 Å². The summed E-state index contributed by atoms with van der Waals surface area (Å²) in [6.45, 7) is 0. The highest BCUT2D eigenvalue weighted by molar-refractivity contribution is 6.31. The van der Waals surface area contributed by atoms with E-state index >= 15 is 0 Å². The van der Waals surface area contributed by atoms with E-state index < -0.39 is 16.7 Å². The van der Waals surface area contributed by atoms with Crippen LogP contribution in [0.15, 0.2) is 6.07 Å². The van der Waals surface area contributed by atoms with E-state index in [1.165, 1.54) is 0 Å².